The lowest BCUT2D eigenvalue weighted by Crippen LogP contribution is -2.61. The summed E-state index contributed by atoms with van der Waals surface area (Å²) in [6.45, 7) is -1.26. The minimum atomic E-state index is -2.70. The number of ether oxygens (including phenoxy) is 2. The molecule has 2 heterocycles. The number of likely N-dealkylation sites (tertiary alicyclic amines) is 1. The van der Waals surface area contributed by atoms with E-state index in [1.807, 2.05) is 29.2 Å². The summed E-state index contributed by atoms with van der Waals surface area (Å²) in [7, 11) is 0. The minimum Gasteiger partial charge on any atom is -0.492 e. The molecule has 2 N–H and O–H groups in total. The first kappa shape index (κ1) is 12.8. The van der Waals surface area contributed by atoms with Crippen LogP contribution in [0.4, 0.5) is 8.78 Å². The van der Waals surface area contributed by atoms with Gasteiger partial charge in [0.1, 0.15) is 12.4 Å². The molecule has 3 rings (SSSR count). The molecule has 0 unspecified atom stereocenters. The van der Waals surface area contributed by atoms with Crippen molar-refractivity contribution in [1.82, 2.24) is 4.90 Å². The van der Waals surface area contributed by atoms with Crippen LogP contribution in [-0.2, 0) is 4.74 Å². The fourth-order valence-electron chi connectivity index (χ4n) is 2.68. The van der Waals surface area contributed by atoms with Crippen molar-refractivity contribution in [2.24, 2.45) is 5.73 Å². The molecule has 104 valence electrons. The lowest BCUT2D eigenvalue weighted by Gasteiger charge is -2.47. The first-order valence-electron chi connectivity index (χ1n) is 6.30. The number of benzene rings is 1. The summed E-state index contributed by atoms with van der Waals surface area (Å²) in [5, 5.41) is 0. The van der Waals surface area contributed by atoms with E-state index < -0.39 is 12.7 Å². The van der Waals surface area contributed by atoms with E-state index in [2.05, 4.69) is 4.74 Å². The molecule has 0 saturated carbocycles. The van der Waals surface area contributed by atoms with Crippen LogP contribution in [0.1, 0.15) is 11.6 Å². The lowest BCUT2D eigenvalue weighted by molar-refractivity contribution is -0.203. The summed E-state index contributed by atoms with van der Waals surface area (Å²) in [5.41, 5.74) is 7.21. The van der Waals surface area contributed by atoms with Crippen molar-refractivity contribution < 1.29 is 18.3 Å². The Bertz CT molecular complexity index is 452. The number of para-hydroxylation sites is 1. The van der Waals surface area contributed by atoms with E-state index in [9.17, 15) is 8.78 Å². The van der Waals surface area contributed by atoms with Gasteiger partial charge in [0.2, 0.25) is 0 Å². The molecular formula is C13H16F2N2O2. The van der Waals surface area contributed by atoms with Crippen molar-refractivity contribution in [2.45, 2.75) is 24.8 Å². The van der Waals surface area contributed by atoms with Crippen LogP contribution in [0.2, 0.25) is 0 Å². The molecule has 19 heavy (non-hydrogen) atoms. The zero-order chi connectivity index (χ0) is 13.4. The fourth-order valence-corrected chi connectivity index (χ4v) is 2.68. The van der Waals surface area contributed by atoms with Gasteiger partial charge in [0, 0.05) is 18.7 Å². The second-order valence-electron chi connectivity index (χ2n) is 4.91. The molecule has 0 radical (unpaired) electrons. The molecule has 2 aliphatic heterocycles. The van der Waals surface area contributed by atoms with Crippen LogP contribution >= 0.6 is 0 Å². The highest BCUT2D eigenvalue weighted by molar-refractivity contribution is 5.38. The summed E-state index contributed by atoms with van der Waals surface area (Å²) in [4.78, 5) is 2.04. The quantitative estimate of drug-likeness (QED) is 0.901. The van der Waals surface area contributed by atoms with Gasteiger partial charge in [0.25, 0.3) is 0 Å². The molecule has 2 aliphatic rings. The predicted molar refractivity (Wildman–Crippen MR) is 65.1 cm³/mol. The topological polar surface area (TPSA) is 47.7 Å². The highest BCUT2D eigenvalue weighted by Crippen LogP contribution is 2.34. The van der Waals surface area contributed by atoms with Gasteiger partial charge in [-0.1, -0.05) is 18.2 Å². The average Bonchev–Trinajstić information content (AvgIpc) is 2.35. The fraction of sp³-hybridized carbons (Fsp3) is 0.538. The van der Waals surface area contributed by atoms with E-state index in [1.54, 1.807) is 0 Å². The van der Waals surface area contributed by atoms with Gasteiger partial charge in [0.05, 0.1) is 18.2 Å². The maximum Gasteiger partial charge on any atom is 0.345 e. The molecule has 1 fully saturated rings. The van der Waals surface area contributed by atoms with E-state index in [4.69, 9.17) is 10.5 Å². The normalized spacial score (nSPS) is 27.8. The van der Waals surface area contributed by atoms with Crippen LogP contribution in [0, 0.1) is 0 Å². The maximum atomic E-state index is 12.1. The third-order valence-corrected chi connectivity index (χ3v) is 3.74. The maximum absolute atomic E-state index is 12.1. The number of hydrogen-bond acceptors (Lipinski definition) is 4. The van der Waals surface area contributed by atoms with Gasteiger partial charge in [-0.2, -0.15) is 8.78 Å². The predicted octanol–water partition coefficient (Wildman–Crippen LogP) is 1.37. The van der Waals surface area contributed by atoms with E-state index >= 15 is 0 Å². The second kappa shape index (κ2) is 5.03. The number of rotatable bonds is 3. The SMILES string of the molecule is N[C@@H]1c2ccccc2OC[C@H]1N1CC(OC(F)F)C1. The average molecular weight is 270 g/mol. The Hall–Kier alpha value is -1.24. The Morgan fingerprint density at radius 2 is 2.05 bits per heavy atom. The van der Waals surface area contributed by atoms with Gasteiger partial charge in [-0.05, 0) is 6.07 Å². The smallest absolute Gasteiger partial charge is 0.345 e. The molecular weight excluding hydrogens is 254 g/mol. The van der Waals surface area contributed by atoms with Crippen LogP contribution in [0.5, 0.6) is 5.75 Å². The number of fused-ring (bicyclic) bond motifs is 1. The Morgan fingerprint density at radius 1 is 1.32 bits per heavy atom. The Morgan fingerprint density at radius 3 is 2.79 bits per heavy atom. The van der Waals surface area contributed by atoms with E-state index in [0.29, 0.717) is 19.7 Å². The molecule has 0 aromatic heterocycles. The molecule has 1 aromatic carbocycles. The number of alkyl halides is 2. The van der Waals surface area contributed by atoms with Crippen LogP contribution < -0.4 is 10.5 Å². The third kappa shape index (κ3) is 2.43. The Balaban J connectivity index is 1.63. The molecule has 1 aromatic rings. The van der Waals surface area contributed by atoms with Gasteiger partial charge in [0.15, 0.2) is 0 Å². The third-order valence-electron chi connectivity index (χ3n) is 3.74. The van der Waals surface area contributed by atoms with Crippen LogP contribution in [0.3, 0.4) is 0 Å². The largest absolute Gasteiger partial charge is 0.492 e. The van der Waals surface area contributed by atoms with Gasteiger partial charge in [-0.3, -0.25) is 4.90 Å². The number of hydrogen-bond donors (Lipinski definition) is 1. The number of halogens is 2. The van der Waals surface area contributed by atoms with E-state index in [0.717, 1.165) is 11.3 Å². The summed E-state index contributed by atoms with van der Waals surface area (Å²) in [6.07, 6.45) is -0.399. The van der Waals surface area contributed by atoms with E-state index in [-0.39, 0.29) is 12.1 Å². The Kier molecular flexibility index (Phi) is 3.38. The molecule has 2 atom stereocenters. The molecule has 0 aliphatic carbocycles. The zero-order valence-corrected chi connectivity index (χ0v) is 10.3. The van der Waals surface area contributed by atoms with Crippen molar-refractivity contribution >= 4 is 0 Å². The number of nitrogens with two attached hydrogens (primary N) is 1. The first-order chi connectivity index (χ1) is 9.15. The van der Waals surface area contributed by atoms with Crippen molar-refractivity contribution in [2.75, 3.05) is 19.7 Å². The van der Waals surface area contributed by atoms with Crippen molar-refractivity contribution in [3.8, 4) is 5.75 Å². The Labute approximate surface area is 110 Å². The van der Waals surface area contributed by atoms with E-state index in [1.165, 1.54) is 0 Å². The molecule has 0 bridgehead atoms. The number of nitrogens with zero attached hydrogens (tertiary/aromatic N) is 1. The second-order valence-corrected chi connectivity index (χ2v) is 4.91. The standard InChI is InChI=1S/C13H16F2N2O2/c14-13(15)19-8-5-17(6-8)10-7-18-11-4-2-1-3-9(11)12(10)16/h1-4,8,10,12-13H,5-7,16H2/t10-,12-/m1/s1. The summed E-state index contributed by atoms with van der Waals surface area (Å²) in [6, 6.07) is 7.53. The van der Waals surface area contributed by atoms with Crippen LogP contribution in [0.25, 0.3) is 0 Å². The van der Waals surface area contributed by atoms with Crippen molar-refractivity contribution in [1.29, 1.82) is 0 Å². The van der Waals surface area contributed by atoms with Crippen LogP contribution in [-0.4, -0.2) is 43.4 Å². The highest BCUT2D eigenvalue weighted by atomic mass is 19.3. The first-order valence-corrected chi connectivity index (χ1v) is 6.30. The monoisotopic (exact) mass is 270 g/mol. The molecule has 6 heteroatoms. The van der Waals surface area contributed by atoms with Gasteiger partial charge >= 0.3 is 6.61 Å². The molecule has 4 nitrogen and oxygen atoms in total. The van der Waals surface area contributed by atoms with Crippen molar-refractivity contribution in [3.63, 3.8) is 0 Å². The summed E-state index contributed by atoms with van der Waals surface area (Å²) >= 11 is 0. The molecule has 0 amide bonds. The summed E-state index contributed by atoms with van der Waals surface area (Å²) in [5.74, 6) is 0.812. The van der Waals surface area contributed by atoms with Gasteiger partial charge in [-0.25, -0.2) is 0 Å². The van der Waals surface area contributed by atoms with Crippen molar-refractivity contribution in [3.05, 3.63) is 29.8 Å². The highest BCUT2D eigenvalue weighted by Gasteiger charge is 2.40. The van der Waals surface area contributed by atoms with Gasteiger partial charge in [-0.15, -0.1) is 0 Å². The van der Waals surface area contributed by atoms with Crippen LogP contribution in [0.15, 0.2) is 24.3 Å². The minimum absolute atomic E-state index is 0.0208. The zero-order valence-electron chi connectivity index (χ0n) is 10.3. The summed E-state index contributed by atoms with van der Waals surface area (Å²) < 4.78 is 34.2. The molecule has 0 spiro atoms. The molecule has 1 saturated heterocycles. The lowest BCUT2D eigenvalue weighted by atomic mass is 9.93. The van der Waals surface area contributed by atoms with Gasteiger partial charge < -0.3 is 15.2 Å².